The van der Waals surface area contributed by atoms with Crippen molar-refractivity contribution in [1.82, 2.24) is 15.3 Å². The number of halogens is 2. The molecule has 1 amide bonds. The second kappa shape index (κ2) is 10.2. The largest absolute Gasteiger partial charge is 0.482 e. The maximum atomic E-state index is 14.3. The summed E-state index contributed by atoms with van der Waals surface area (Å²) in [6, 6.07) is 7.11. The predicted molar refractivity (Wildman–Crippen MR) is 128 cm³/mol. The van der Waals surface area contributed by atoms with Gasteiger partial charge < -0.3 is 20.1 Å². The van der Waals surface area contributed by atoms with Crippen LogP contribution >= 0.6 is 15.9 Å². The molecule has 2 aromatic carbocycles. The summed E-state index contributed by atoms with van der Waals surface area (Å²) in [7, 11) is 0. The minimum absolute atomic E-state index is 0.0320. The summed E-state index contributed by atoms with van der Waals surface area (Å²) in [6.45, 7) is 6.92. The van der Waals surface area contributed by atoms with Crippen molar-refractivity contribution in [2.75, 3.05) is 11.9 Å². The van der Waals surface area contributed by atoms with Gasteiger partial charge in [-0.2, -0.15) is 0 Å². The highest BCUT2D eigenvalue weighted by Gasteiger charge is 2.22. The first kappa shape index (κ1) is 25.1. The van der Waals surface area contributed by atoms with Crippen LogP contribution in [0.4, 0.5) is 26.4 Å². The molecule has 0 saturated carbocycles. The Labute approximate surface area is 203 Å². The van der Waals surface area contributed by atoms with Gasteiger partial charge in [-0.25, -0.2) is 19.2 Å². The smallest absolute Gasteiger partial charge is 0.407 e. The van der Waals surface area contributed by atoms with Gasteiger partial charge in [-0.1, -0.05) is 15.9 Å². The van der Waals surface area contributed by atoms with Crippen molar-refractivity contribution in [3.63, 3.8) is 0 Å². The number of nitro benzene ring substituents is 1. The second-order valence-corrected chi connectivity index (χ2v) is 9.29. The Hall–Kier alpha value is -3.54. The molecule has 0 radical (unpaired) electrons. The van der Waals surface area contributed by atoms with Crippen molar-refractivity contribution in [3.05, 3.63) is 57.1 Å². The van der Waals surface area contributed by atoms with E-state index in [4.69, 9.17) is 9.47 Å². The van der Waals surface area contributed by atoms with Crippen molar-refractivity contribution in [2.45, 2.75) is 39.4 Å². The van der Waals surface area contributed by atoms with Gasteiger partial charge in [-0.15, -0.1) is 0 Å². The predicted octanol–water partition coefficient (Wildman–Crippen LogP) is 5.48. The number of hydrogen-bond acceptors (Lipinski definition) is 8. The summed E-state index contributed by atoms with van der Waals surface area (Å²) in [6.07, 6.45) is 0.0180. The third-order valence-electron chi connectivity index (χ3n) is 4.36. The van der Waals surface area contributed by atoms with Crippen LogP contribution in [0.2, 0.25) is 0 Å². The molecule has 0 saturated heterocycles. The standard InChI is InChI=1S/C22H23BrFN5O5/c1-12(10-25-21(30)34-22(2,3)4)33-19-9-17-14(8-18(19)29(31)32)20(27-11-26-17)28-16-6-5-13(23)7-15(16)24/h5-9,11-12H,10H2,1-4H3,(H,25,30)(H,26,27,28). The molecular formula is C22H23BrFN5O5. The number of benzene rings is 2. The van der Waals surface area contributed by atoms with Crippen LogP contribution in [0.15, 0.2) is 41.1 Å². The maximum absolute atomic E-state index is 14.3. The lowest BCUT2D eigenvalue weighted by atomic mass is 10.2. The number of anilines is 2. The summed E-state index contributed by atoms with van der Waals surface area (Å²) in [5.74, 6) is -0.363. The lowest BCUT2D eigenvalue weighted by Gasteiger charge is -2.21. The number of rotatable bonds is 7. The molecule has 0 bridgehead atoms. The molecule has 0 aliphatic rings. The number of fused-ring (bicyclic) bond motifs is 1. The van der Waals surface area contributed by atoms with E-state index in [0.717, 1.165) is 0 Å². The minimum atomic E-state index is -0.657. The van der Waals surface area contributed by atoms with Gasteiger partial charge in [0, 0.05) is 16.6 Å². The minimum Gasteiger partial charge on any atom is -0.482 e. The van der Waals surface area contributed by atoms with Crippen LogP contribution in [0, 0.1) is 15.9 Å². The Morgan fingerprint density at radius 3 is 2.65 bits per heavy atom. The second-order valence-electron chi connectivity index (χ2n) is 8.38. The van der Waals surface area contributed by atoms with Crippen LogP contribution in [-0.4, -0.2) is 39.2 Å². The zero-order valence-electron chi connectivity index (χ0n) is 18.9. The highest BCUT2D eigenvalue weighted by molar-refractivity contribution is 9.10. The van der Waals surface area contributed by atoms with Crippen molar-refractivity contribution < 1.29 is 23.6 Å². The van der Waals surface area contributed by atoms with Crippen LogP contribution < -0.4 is 15.4 Å². The highest BCUT2D eigenvalue weighted by Crippen LogP contribution is 2.35. The molecule has 34 heavy (non-hydrogen) atoms. The molecule has 0 aliphatic carbocycles. The van der Waals surface area contributed by atoms with Gasteiger partial charge in [-0.05, 0) is 45.9 Å². The van der Waals surface area contributed by atoms with E-state index in [1.165, 1.54) is 30.6 Å². The quantitative estimate of drug-likeness (QED) is 0.300. The number of ether oxygens (including phenoxy) is 2. The lowest BCUT2D eigenvalue weighted by Crippen LogP contribution is -2.37. The number of nitro groups is 1. The lowest BCUT2D eigenvalue weighted by molar-refractivity contribution is -0.385. The average molecular weight is 536 g/mol. The summed E-state index contributed by atoms with van der Waals surface area (Å²) >= 11 is 3.19. The Kier molecular flexibility index (Phi) is 7.50. The number of hydrogen-bond donors (Lipinski definition) is 2. The molecule has 1 unspecified atom stereocenters. The molecule has 1 aromatic heterocycles. The van der Waals surface area contributed by atoms with Crippen LogP contribution in [0.3, 0.4) is 0 Å². The zero-order chi connectivity index (χ0) is 25.0. The first-order valence-electron chi connectivity index (χ1n) is 10.2. The van der Waals surface area contributed by atoms with Crippen LogP contribution in [-0.2, 0) is 4.74 Å². The molecule has 0 spiro atoms. The molecule has 12 heteroatoms. The molecule has 1 heterocycles. The zero-order valence-corrected chi connectivity index (χ0v) is 20.5. The van der Waals surface area contributed by atoms with E-state index in [0.29, 0.717) is 15.4 Å². The van der Waals surface area contributed by atoms with Crippen LogP contribution in [0.1, 0.15) is 27.7 Å². The molecule has 1 atom stereocenters. The van der Waals surface area contributed by atoms with E-state index in [1.807, 2.05) is 0 Å². The molecule has 3 aromatic rings. The number of nitrogens with one attached hydrogen (secondary N) is 2. The van der Waals surface area contributed by atoms with E-state index in [2.05, 4.69) is 36.5 Å². The summed E-state index contributed by atoms with van der Waals surface area (Å²) < 4.78 is 25.7. The molecular weight excluding hydrogens is 513 g/mol. The number of amides is 1. The number of aromatic nitrogens is 2. The number of carbonyl (C=O) groups excluding carboxylic acids is 1. The number of alkyl carbamates (subject to hydrolysis) is 1. The number of carbonyl (C=O) groups is 1. The fourth-order valence-electron chi connectivity index (χ4n) is 2.93. The fourth-order valence-corrected chi connectivity index (χ4v) is 3.26. The van der Waals surface area contributed by atoms with Crippen LogP contribution in [0.25, 0.3) is 10.9 Å². The van der Waals surface area contributed by atoms with E-state index < -0.39 is 28.5 Å². The van der Waals surface area contributed by atoms with Crippen LogP contribution in [0.5, 0.6) is 5.75 Å². The Morgan fingerprint density at radius 2 is 2.00 bits per heavy atom. The Morgan fingerprint density at radius 1 is 1.26 bits per heavy atom. The van der Waals surface area contributed by atoms with Gasteiger partial charge in [0.2, 0.25) is 0 Å². The molecule has 0 aliphatic heterocycles. The van der Waals surface area contributed by atoms with Crippen molar-refractivity contribution >= 4 is 50.1 Å². The van der Waals surface area contributed by atoms with E-state index in [1.54, 1.807) is 33.8 Å². The topological polar surface area (TPSA) is 129 Å². The maximum Gasteiger partial charge on any atom is 0.407 e. The van der Waals surface area contributed by atoms with Gasteiger partial charge >= 0.3 is 11.8 Å². The summed E-state index contributed by atoms with van der Waals surface area (Å²) in [5, 5.41) is 17.5. The van der Waals surface area contributed by atoms with Crippen molar-refractivity contribution in [2.24, 2.45) is 0 Å². The van der Waals surface area contributed by atoms with Gasteiger partial charge in [0.1, 0.15) is 29.7 Å². The van der Waals surface area contributed by atoms with E-state index >= 15 is 0 Å². The van der Waals surface area contributed by atoms with Gasteiger partial charge in [-0.3, -0.25) is 10.1 Å². The molecule has 3 rings (SSSR count). The summed E-state index contributed by atoms with van der Waals surface area (Å²) in [4.78, 5) is 31.3. The monoisotopic (exact) mass is 535 g/mol. The normalized spacial score (nSPS) is 12.2. The van der Waals surface area contributed by atoms with Crippen molar-refractivity contribution in [3.8, 4) is 5.75 Å². The van der Waals surface area contributed by atoms with Gasteiger partial charge in [0.15, 0.2) is 5.75 Å². The third kappa shape index (κ3) is 6.50. The van der Waals surface area contributed by atoms with E-state index in [9.17, 15) is 19.3 Å². The highest BCUT2D eigenvalue weighted by atomic mass is 79.9. The fraction of sp³-hybridized carbons (Fsp3) is 0.318. The Balaban J connectivity index is 1.85. The molecule has 10 nitrogen and oxygen atoms in total. The molecule has 0 fully saturated rings. The van der Waals surface area contributed by atoms with Gasteiger partial charge in [0.25, 0.3) is 0 Å². The number of nitrogens with zero attached hydrogens (tertiary/aromatic N) is 3. The van der Waals surface area contributed by atoms with Crippen molar-refractivity contribution in [1.29, 1.82) is 0 Å². The van der Waals surface area contributed by atoms with Gasteiger partial charge in [0.05, 0.1) is 28.1 Å². The first-order valence-corrected chi connectivity index (χ1v) is 11.0. The third-order valence-corrected chi connectivity index (χ3v) is 4.85. The SMILES string of the molecule is CC(CNC(=O)OC(C)(C)C)Oc1cc2ncnc(Nc3ccc(Br)cc3F)c2cc1[N+](=O)[O-]. The molecule has 2 N–H and O–H groups in total. The van der Waals surface area contributed by atoms with E-state index in [-0.39, 0.29) is 29.5 Å². The molecule has 180 valence electrons. The first-order chi connectivity index (χ1) is 15.9. The summed E-state index contributed by atoms with van der Waals surface area (Å²) in [5.41, 5.74) is -0.489. The average Bonchev–Trinajstić information content (AvgIpc) is 2.72. The Bertz CT molecular complexity index is 1230.